The quantitative estimate of drug-likeness (QED) is 0.618. The van der Waals surface area contributed by atoms with E-state index in [0.29, 0.717) is 38.7 Å². The fraction of sp³-hybridized carbons (Fsp3) is 0.727. The predicted octanol–water partition coefficient (Wildman–Crippen LogP) is 4.28. The van der Waals surface area contributed by atoms with Crippen molar-refractivity contribution in [1.82, 2.24) is 0 Å². The Morgan fingerprint density at radius 2 is 2.00 bits per heavy atom. The van der Waals surface area contributed by atoms with Gasteiger partial charge in [0, 0.05) is 19.3 Å². The van der Waals surface area contributed by atoms with E-state index in [-0.39, 0.29) is 36.9 Å². The molecule has 1 aromatic rings. The van der Waals surface area contributed by atoms with Gasteiger partial charge in [0.05, 0.1) is 18.8 Å². The highest BCUT2D eigenvalue weighted by atomic mass is 19.3. The van der Waals surface area contributed by atoms with Crippen molar-refractivity contribution in [3.05, 3.63) is 35.9 Å². The van der Waals surface area contributed by atoms with E-state index in [1.165, 1.54) is 0 Å². The van der Waals surface area contributed by atoms with Crippen LogP contribution in [0.2, 0.25) is 0 Å². The Labute approximate surface area is 165 Å². The van der Waals surface area contributed by atoms with Gasteiger partial charge in [-0.15, -0.1) is 0 Å². The van der Waals surface area contributed by atoms with Crippen molar-refractivity contribution < 1.29 is 28.5 Å². The van der Waals surface area contributed by atoms with Crippen molar-refractivity contribution in [2.24, 2.45) is 11.8 Å². The summed E-state index contributed by atoms with van der Waals surface area (Å²) in [4.78, 5) is 0. The summed E-state index contributed by atoms with van der Waals surface area (Å²) in [5, 5.41) is 19.9. The van der Waals surface area contributed by atoms with Crippen LogP contribution in [0.5, 0.6) is 0 Å². The van der Waals surface area contributed by atoms with Crippen molar-refractivity contribution in [3.63, 3.8) is 0 Å². The highest BCUT2D eigenvalue weighted by Gasteiger charge is 2.50. The van der Waals surface area contributed by atoms with Crippen LogP contribution >= 0.6 is 0 Å². The first kappa shape index (κ1) is 21.6. The van der Waals surface area contributed by atoms with Gasteiger partial charge in [-0.05, 0) is 36.7 Å². The number of hydrogen-bond donors (Lipinski definition) is 2. The minimum absolute atomic E-state index is 0.00230. The van der Waals surface area contributed by atoms with Gasteiger partial charge in [-0.25, -0.2) is 8.78 Å². The molecular formula is C22H32F2O4. The Morgan fingerprint density at radius 1 is 1.25 bits per heavy atom. The monoisotopic (exact) mass is 398 g/mol. The van der Waals surface area contributed by atoms with E-state index in [1.54, 1.807) is 0 Å². The second-order valence-electron chi connectivity index (χ2n) is 8.22. The van der Waals surface area contributed by atoms with E-state index in [4.69, 9.17) is 9.47 Å². The van der Waals surface area contributed by atoms with Gasteiger partial charge < -0.3 is 19.7 Å². The molecule has 1 saturated heterocycles. The van der Waals surface area contributed by atoms with Gasteiger partial charge in [-0.2, -0.15) is 0 Å². The molecule has 2 fully saturated rings. The number of alkyl halides is 2. The molecule has 4 unspecified atom stereocenters. The van der Waals surface area contributed by atoms with Crippen LogP contribution in [0.25, 0.3) is 0 Å². The average Bonchev–Trinajstić information content (AvgIpc) is 3.19. The van der Waals surface area contributed by atoms with Gasteiger partial charge in [0.2, 0.25) is 0 Å². The number of rotatable bonds is 10. The molecule has 28 heavy (non-hydrogen) atoms. The smallest absolute Gasteiger partial charge is 0.273 e. The molecule has 6 heteroatoms. The molecule has 0 spiro atoms. The predicted molar refractivity (Wildman–Crippen MR) is 102 cm³/mol. The summed E-state index contributed by atoms with van der Waals surface area (Å²) < 4.78 is 40.0. The SMILES string of the molecule is CCCCC(F)(F)C(O)CCC1C2CC(O)O[C@H]2C[C@H]1OCc1ccccc1. The third-order valence-corrected chi connectivity index (χ3v) is 6.21. The summed E-state index contributed by atoms with van der Waals surface area (Å²) in [5.41, 5.74) is 1.06. The number of benzene rings is 1. The van der Waals surface area contributed by atoms with Crippen molar-refractivity contribution in [1.29, 1.82) is 0 Å². The third-order valence-electron chi connectivity index (χ3n) is 6.21. The van der Waals surface area contributed by atoms with Gasteiger partial charge in [0.15, 0.2) is 6.29 Å². The maximum atomic E-state index is 14.1. The summed E-state index contributed by atoms with van der Waals surface area (Å²) in [5.74, 6) is -2.96. The molecule has 0 bridgehead atoms. The third kappa shape index (κ3) is 5.29. The van der Waals surface area contributed by atoms with E-state index in [2.05, 4.69) is 0 Å². The molecule has 158 valence electrons. The van der Waals surface area contributed by atoms with Crippen molar-refractivity contribution in [2.45, 2.75) is 89.0 Å². The van der Waals surface area contributed by atoms with Crippen LogP contribution < -0.4 is 0 Å². The fourth-order valence-electron chi connectivity index (χ4n) is 4.61. The molecule has 1 heterocycles. The van der Waals surface area contributed by atoms with E-state index >= 15 is 0 Å². The highest BCUT2D eigenvalue weighted by molar-refractivity contribution is 5.13. The van der Waals surface area contributed by atoms with E-state index in [9.17, 15) is 19.0 Å². The molecular weight excluding hydrogens is 366 g/mol. The molecule has 3 rings (SSSR count). The molecule has 2 aliphatic rings. The molecule has 4 nitrogen and oxygen atoms in total. The lowest BCUT2D eigenvalue weighted by Gasteiger charge is -2.27. The van der Waals surface area contributed by atoms with Crippen LogP contribution in [-0.4, -0.2) is 40.7 Å². The highest BCUT2D eigenvalue weighted by Crippen LogP contribution is 2.46. The second-order valence-corrected chi connectivity index (χ2v) is 8.22. The first-order chi connectivity index (χ1) is 13.4. The lowest BCUT2D eigenvalue weighted by atomic mass is 9.86. The van der Waals surface area contributed by atoms with Gasteiger partial charge in [-0.3, -0.25) is 0 Å². The molecule has 0 aromatic heterocycles. The minimum atomic E-state index is -3.06. The van der Waals surface area contributed by atoms with Gasteiger partial charge in [0.25, 0.3) is 5.92 Å². The van der Waals surface area contributed by atoms with Crippen molar-refractivity contribution in [2.75, 3.05) is 0 Å². The van der Waals surface area contributed by atoms with Crippen molar-refractivity contribution >= 4 is 0 Å². The Hall–Kier alpha value is -1.08. The van der Waals surface area contributed by atoms with Crippen LogP contribution in [0.4, 0.5) is 8.78 Å². The van der Waals surface area contributed by atoms with Crippen LogP contribution in [0.3, 0.4) is 0 Å². The van der Waals surface area contributed by atoms with Crippen LogP contribution in [-0.2, 0) is 16.1 Å². The maximum absolute atomic E-state index is 14.1. The number of aliphatic hydroxyl groups excluding tert-OH is 2. The van der Waals surface area contributed by atoms with Gasteiger partial charge in [-0.1, -0.05) is 43.7 Å². The lowest BCUT2D eigenvalue weighted by Crippen LogP contribution is -2.35. The Balaban J connectivity index is 1.59. The summed E-state index contributed by atoms with van der Waals surface area (Å²) in [6, 6.07) is 9.83. The number of hydrogen-bond acceptors (Lipinski definition) is 4. The Kier molecular flexibility index (Phi) is 7.42. The number of unbranched alkanes of at least 4 members (excludes halogenated alkanes) is 1. The number of fused-ring (bicyclic) bond motifs is 1. The van der Waals surface area contributed by atoms with Crippen molar-refractivity contribution in [3.8, 4) is 0 Å². The van der Waals surface area contributed by atoms with Gasteiger partial charge >= 0.3 is 0 Å². The summed E-state index contributed by atoms with van der Waals surface area (Å²) >= 11 is 0. The van der Waals surface area contributed by atoms with Crippen LogP contribution in [0, 0.1) is 11.8 Å². The molecule has 6 atom stereocenters. The first-order valence-corrected chi connectivity index (χ1v) is 10.5. The summed E-state index contributed by atoms with van der Waals surface area (Å²) in [6.45, 7) is 2.32. The zero-order valence-corrected chi connectivity index (χ0v) is 16.5. The zero-order chi connectivity index (χ0) is 20.1. The van der Waals surface area contributed by atoms with E-state index in [0.717, 1.165) is 5.56 Å². The fourth-order valence-corrected chi connectivity index (χ4v) is 4.61. The lowest BCUT2D eigenvalue weighted by molar-refractivity contribution is -0.121. The summed E-state index contributed by atoms with van der Waals surface area (Å²) in [6.07, 6.45) is -0.200. The normalized spacial score (nSPS) is 31.1. The van der Waals surface area contributed by atoms with Crippen LogP contribution in [0.1, 0.15) is 57.4 Å². The molecule has 2 N–H and O–H groups in total. The standard InChI is InChI=1S/C22H32F2O4/c1-2-3-11-22(23,24)20(25)10-9-16-17-12-21(26)28-19(17)13-18(16)27-14-15-7-5-4-6-8-15/h4-8,16-21,25-26H,2-3,9-14H2,1H3/t16?,17?,18-,19+,20?,21?/m1/s1. The number of aliphatic hydroxyl groups is 2. The van der Waals surface area contributed by atoms with Crippen LogP contribution in [0.15, 0.2) is 30.3 Å². The largest absolute Gasteiger partial charge is 0.387 e. The number of ether oxygens (including phenoxy) is 2. The maximum Gasteiger partial charge on any atom is 0.273 e. The molecule has 0 amide bonds. The first-order valence-electron chi connectivity index (χ1n) is 10.5. The second kappa shape index (κ2) is 9.61. The molecule has 1 aromatic carbocycles. The molecule has 1 saturated carbocycles. The summed E-state index contributed by atoms with van der Waals surface area (Å²) in [7, 11) is 0. The van der Waals surface area contributed by atoms with Gasteiger partial charge in [0.1, 0.15) is 6.10 Å². The molecule has 0 radical (unpaired) electrons. The average molecular weight is 398 g/mol. The molecule has 1 aliphatic carbocycles. The topological polar surface area (TPSA) is 58.9 Å². The van der Waals surface area contributed by atoms with E-state index in [1.807, 2.05) is 37.3 Å². The minimum Gasteiger partial charge on any atom is -0.387 e. The zero-order valence-electron chi connectivity index (χ0n) is 16.5. The molecule has 1 aliphatic heterocycles. The van der Waals surface area contributed by atoms with E-state index < -0.39 is 18.3 Å². The Morgan fingerprint density at radius 3 is 2.71 bits per heavy atom. The Bertz CT molecular complexity index is 597. The number of halogens is 2.